The number of thioether (sulfide) groups is 2. The van der Waals surface area contributed by atoms with E-state index >= 15 is 0 Å². The van der Waals surface area contributed by atoms with Gasteiger partial charge in [-0.25, -0.2) is 14.8 Å². The summed E-state index contributed by atoms with van der Waals surface area (Å²) in [7, 11) is 0. The minimum Gasteiger partial charge on any atom is -0.493 e. The van der Waals surface area contributed by atoms with Crippen molar-refractivity contribution in [1.29, 1.82) is 0 Å². The second-order valence-corrected chi connectivity index (χ2v) is 7.78. The maximum absolute atomic E-state index is 10.8. The standard InChI is InChI=1S/C18H16N2O3S2/c1-24-18(25-2)7-8-23-16-6-4-12(9-14(16)18)3-5-13-10-20-15(11-19-13)17(21)22/h4,6,9-11H,7-8H2,1-2H3,(H,21,22). The molecule has 0 fully saturated rings. The zero-order chi connectivity index (χ0) is 17.9. The van der Waals surface area contributed by atoms with E-state index in [1.54, 1.807) is 0 Å². The number of hydrogen-bond acceptors (Lipinski definition) is 6. The first-order valence-electron chi connectivity index (χ1n) is 7.53. The normalized spacial score (nSPS) is 14.6. The lowest BCUT2D eigenvalue weighted by atomic mass is 10.0. The van der Waals surface area contributed by atoms with Crippen molar-refractivity contribution in [3.05, 3.63) is 53.1 Å². The van der Waals surface area contributed by atoms with E-state index < -0.39 is 5.97 Å². The van der Waals surface area contributed by atoms with Gasteiger partial charge < -0.3 is 9.84 Å². The highest BCUT2D eigenvalue weighted by Crippen LogP contribution is 2.52. The van der Waals surface area contributed by atoms with Gasteiger partial charge in [-0.1, -0.05) is 5.92 Å². The largest absolute Gasteiger partial charge is 0.493 e. The maximum Gasteiger partial charge on any atom is 0.356 e. The Morgan fingerprint density at radius 3 is 2.68 bits per heavy atom. The summed E-state index contributed by atoms with van der Waals surface area (Å²) in [6.45, 7) is 0.714. The number of benzene rings is 1. The molecular formula is C18H16N2O3S2. The summed E-state index contributed by atoms with van der Waals surface area (Å²) in [6, 6.07) is 5.94. The molecule has 1 aliphatic heterocycles. The van der Waals surface area contributed by atoms with Crippen LogP contribution >= 0.6 is 23.5 Å². The number of nitrogens with zero attached hydrogens (tertiary/aromatic N) is 2. The molecule has 2 aromatic rings. The number of carboxylic acid groups (broad SMARTS) is 1. The fraction of sp³-hybridized carbons (Fsp3) is 0.278. The molecule has 1 aromatic carbocycles. The molecule has 5 nitrogen and oxygen atoms in total. The number of aromatic carboxylic acids is 1. The number of fused-ring (bicyclic) bond motifs is 1. The Hall–Kier alpha value is -2.17. The second kappa shape index (κ2) is 7.38. The van der Waals surface area contributed by atoms with Crippen LogP contribution in [0.1, 0.15) is 33.7 Å². The van der Waals surface area contributed by atoms with Crippen LogP contribution in [0.3, 0.4) is 0 Å². The van der Waals surface area contributed by atoms with Crippen LogP contribution in [0.15, 0.2) is 30.6 Å². The fourth-order valence-corrected chi connectivity index (χ4v) is 4.61. The van der Waals surface area contributed by atoms with Gasteiger partial charge in [-0.2, -0.15) is 0 Å². The fourth-order valence-electron chi connectivity index (χ4n) is 2.61. The molecule has 0 aliphatic carbocycles. The third kappa shape index (κ3) is 3.60. The number of aromatic nitrogens is 2. The van der Waals surface area contributed by atoms with Crippen molar-refractivity contribution >= 4 is 29.5 Å². The number of rotatable bonds is 3. The van der Waals surface area contributed by atoms with Gasteiger partial charge in [0.15, 0.2) is 5.69 Å². The number of hydrogen-bond donors (Lipinski definition) is 1. The van der Waals surface area contributed by atoms with Crippen LogP contribution in [0.25, 0.3) is 0 Å². The molecule has 1 aliphatic rings. The quantitative estimate of drug-likeness (QED) is 0.655. The lowest BCUT2D eigenvalue weighted by Gasteiger charge is -2.36. The zero-order valence-corrected chi connectivity index (χ0v) is 15.4. The molecule has 0 unspecified atom stereocenters. The Labute approximate surface area is 154 Å². The molecule has 1 aromatic heterocycles. The predicted octanol–water partition coefficient (Wildman–Crippen LogP) is 3.24. The van der Waals surface area contributed by atoms with Crippen molar-refractivity contribution < 1.29 is 14.6 Å². The minimum atomic E-state index is -1.10. The molecular weight excluding hydrogens is 356 g/mol. The summed E-state index contributed by atoms with van der Waals surface area (Å²) in [6.07, 6.45) is 7.75. The van der Waals surface area contributed by atoms with Gasteiger partial charge >= 0.3 is 5.97 Å². The maximum atomic E-state index is 10.8. The van der Waals surface area contributed by atoms with E-state index in [4.69, 9.17) is 9.84 Å². The predicted molar refractivity (Wildman–Crippen MR) is 100 cm³/mol. The minimum absolute atomic E-state index is 0.0196. The summed E-state index contributed by atoms with van der Waals surface area (Å²) in [5.74, 6) is 5.80. The molecule has 0 bridgehead atoms. The first kappa shape index (κ1) is 17.6. The monoisotopic (exact) mass is 372 g/mol. The van der Waals surface area contributed by atoms with Crippen molar-refractivity contribution in [3.8, 4) is 17.6 Å². The molecule has 0 spiro atoms. The lowest BCUT2D eigenvalue weighted by Crippen LogP contribution is -2.26. The summed E-state index contributed by atoms with van der Waals surface area (Å²) >= 11 is 3.64. The molecule has 128 valence electrons. The van der Waals surface area contributed by atoms with E-state index in [-0.39, 0.29) is 9.77 Å². The van der Waals surface area contributed by atoms with Crippen LogP contribution in [-0.4, -0.2) is 40.2 Å². The number of ether oxygens (including phenoxy) is 1. The van der Waals surface area contributed by atoms with Crippen LogP contribution in [-0.2, 0) is 4.08 Å². The number of carboxylic acids is 1. The van der Waals surface area contributed by atoms with Crippen molar-refractivity contribution in [2.75, 3.05) is 19.1 Å². The Balaban J connectivity index is 1.91. The molecule has 7 heteroatoms. The van der Waals surface area contributed by atoms with Gasteiger partial charge in [0.1, 0.15) is 11.4 Å². The van der Waals surface area contributed by atoms with E-state index in [0.29, 0.717) is 12.3 Å². The number of carbonyl (C=O) groups is 1. The Morgan fingerprint density at radius 1 is 1.24 bits per heavy atom. The van der Waals surface area contributed by atoms with Gasteiger partial charge in [0.05, 0.1) is 23.1 Å². The average Bonchev–Trinajstić information content (AvgIpc) is 2.66. The first-order valence-corrected chi connectivity index (χ1v) is 9.98. The Kier molecular flexibility index (Phi) is 5.21. The zero-order valence-electron chi connectivity index (χ0n) is 13.8. The van der Waals surface area contributed by atoms with Crippen molar-refractivity contribution in [2.45, 2.75) is 10.5 Å². The van der Waals surface area contributed by atoms with Gasteiger partial charge in [-0.05, 0) is 36.6 Å². The topological polar surface area (TPSA) is 72.3 Å². The third-order valence-electron chi connectivity index (χ3n) is 3.94. The van der Waals surface area contributed by atoms with Gasteiger partial charge in [0, 0.05) is 17.5 Å². The van der Waals surface area contributed by atoms with E-state index in [1.807, 2.05) is 35.7 Å². The molecule has 0 atom stereocenters. The molecule has 0 radical (unpaired) electrons. The highest BCUT2D eigenvalue weighted by molar-refractivity contribution is 8.16. The van der Waals surface area contributed by atoms with Crippen molar-refractivity contribution in [2.24, 2.45) is 0 Å². The van der Waals surface area contributed by atoms with Gasteiger partial charge in [-0.15, -0.1) is 23.5 Å². The van der Waals surface area contributed by atoms with Crippen molar-refractivity contribution in [1.82, 2.24) is 9.97 Å². The van der Waals surface area contributed by atoms with E-state index in [9.17, 15) is 4.79 Å². The van der Waals surface area contributed by atoms with Crippen molar-refractivity contribution in [3.63, 3.8) is 0 Å². The molecule has 2 heterocycles. The van der Waals surface area contributed by atoms with Crippen LogP contribution in [0.4, 0.5) is 0 Å². The Bertz CT molecular complexity index is 853. The van der Waals surface area contributed by atoms with E-state index in [1.165, 1.54) is 12.4 Å². The average molecular weight is 372 g/mol. The molecule has 25 heavy (non-hydrogen) atoms. The van der Waals surface area contributed by atoms with Crippen LogP contribution in [0, 0.1) is 11.8 Å². The smallest absolute Gasteiger partial charge is 0.356 e. The summed E-state index contributed by atoms with van der Waals surface area (Å²) in [5, 5.41) is 8.84. The van der Waals surface area contributed by atoms with Crippen LogP contribution in [0.2, 0.25) is 0 Å². The van der Waals surface area contributed by atoms with Gasteiger partial charge in [-0.3, -0.25) is 0 Å². The van der Waals surface area contributed by atoms with E-state index in [0.717, 1.165) is 23.3 Å². The van der Waals surface area contributed by atoms with E-state index in [2.05, 4.69) is 40.4 Å². The lowest BCUT2D eigenvalue weighted by molar-refractivity contribution is 0.0690. The third-order valence-corrected chi connectivity index (χ3v) is 7.11. The summed E-state index contributed by atoms with van der Waals surface area (Å²) in [5.41, 5.74) is 2.35. The van der Waals surface area contributed by atoms with Gasteiger partial charge in [0.25, 0.3) is 0 Å². The second-order valence-electron chi connectivity index (χ2n) is 5.31. The molecule has 0 saturated carbocycles. The summed E-state index contributed by atoms with van der Waals surface area (Å²) in [4.78, 5) is 18.6. The molecule has 0 amide bonds. The molecule has 1 N–H and O–H groups in total. The molecule has 0 saturated heterocycles. The SMILES string of the molecule is CSC1(SC)CCOc2ccc(C#Cc3cnc(C(=O)O)cn3)cc21. The van der Waals surface area contributed by atoms with Crippen LogP contribution in [0.5, 0.6) is 5.75 Å². The first-order chi connectivity index (χ1) is 12.1. The molecule has 3 rings (SSSR count). The Morgan fingerprint density at radius 2 is 2.04 bits per heavy atom. The highest BCUT2D eigenvalue weighted by atomic mass is 32.2. The van der Waals surface area contributed by atoms with Crippen LogP contribution < -0.4 is 4.74 Å². The van der Waals surface area contributed by atoms with Gasteiger partial charge in [0.2, 0.25) is 0 Å². The highest BCUT2D eigenvalue weighted by Gasteiger charge is 2.36. The summed E-state index contributed by atoms with van der Waals surface area (Å²) < 4.78 is 5.76.